The molecule has 0 radical (unpaired) electrons. The fourth-order valence-corrected chi connectivity index (χ4v) is 2.32. The van der Waals surface area contributed by atoms with E-state index >= 15 is 0 Å². The van der Waals surface area contributed by atoms with Crippen LogP contribution in [0.3, 0.4) is 0 Å². The van der Waals surface area contributed by atoms with Crippen LogP contribution in [-0.4, -0.2) is 40.0 Å². The normalized spacial score (nSPS) is 16.7. The Morgan fingerprint density at radius 1 is 1.22 bits per heavy atom. The minimum atomic E-state index is -0.000278. The fraction of sp³-hybridized carbons (Fsp3) is 0.600. The molecule has 0 atom stereocenters. The second-order valence-corrected chi connectivity index (χ2v) is 4.81. The van der Waals surface area contributed by atoms with Crippen LogP contribution < -0.4 is 10.2 Å². The van der Waals surface area contributed by atoms with Gasteiger partial charge < -0.3 is 10.2 Å². The van der Waals surface area contributed by atoms with E-state index in [0.29, 0.717) is 5.95 Å². The Labute approximate surface area is 115 Å². The number of carbonyl (C=O) groups is 1. The predicted molar refractivity (Wildman–Crippen MR) is 68.9 cm³/mol. The maximum absolute atomic E-state index is 11.0. The van der Waals surface area contributed by atoms with Crippen LogP contribution in [-0.2, 0) is 4.79 Å². The topological polar surface area (TPSA) is 71.0 Å². The number of nitrogens with one attached hydrogen (secondary N) is 1. The van der Waals surface area contributed by atoms with Gasteiger partial charge in [-0.2, -0.15) is 15.0 Å². The van der Waals surface area contributed by atoms with E-state index in [9.17, 15) is 4.79 Å². The summed E-state index contributed by atoms with van der Waals surface area (Å²) >= 11 is 11.5. The van der Waals surface area contributed by atoms with E-state index in [1.165, 1.54) is 6.92 Å². The minimum absolute atomic E-state index is 0.000278. The Balaban J connectivity index is 1.98. The summed E-state index contributed by atoms with van der Waals surface area (Å²) in [4.78, 5) is 24.7. The van der Waals surface area contributed by atoms with Gasteiger partial charge in [0.1, 0.15) is 0 Å². The van der Waals surface area contributed by atoms with E-state index in [2.05, 4.69) is 20.3 Å². The largest absolute Gasteiger partial charge is 0.353 e. The third kappa shape index (κ3) is 3.43. The summed E-state index contributed by atoms with van der Waals surface area (Å²) in [6, 6.07) is 0.214. The minimum Gasteiger partial charge on any atom is -0.353 e. The van der Waals surface area contributed by atoms with Gasteiger partial charge in [0.25, 0.3) is 0 Å². The van der Waals surface area contributed by atoms with E-state index in [1.54, 1.807) is 0 Å². The van der Waals surface area contributed by atoms with Crippen LogP contribution in [0.4, 0.5) is 5.95 Å². The number of aromatic nitrogens is 3. The first kappa shape index (κ1) is 13.3. The van der Waals surface area contributed by atoms with Gasteiger partial charge in [0.05, 0.1) is 0 Å². The summed E-state index contributed by atoms with van der Waals surface area (Å²) in [7, 11) is 0. The third-order valence-electron chi connectivity index (χ3n) is 2.75. The summed E-state index contributed by atoms with van der Waals surface area (Å²) in [6.45, 7) is 3.03. The molecule has 1 saturated heterocycles. The van der Waals surface area contributed by atoms with E-state index in [0.717, 1.165) is 25.9 Å². The number of halogens is 2. The summed E-state index contributed by atoms with van der Waals surface area (Å²) in [5, 5.41) is 3.09. The molecular formula is C10H13Cl2N5O. The van der Waals surface area contributed by atoms with Crippen molar-refractivity contribution in [3.63, 3.8) is 0 Å². The Kier molecular flexibility index (Phi) is 4.19. The van der Waals surface area contributed by atoms with Gasteiger partial charge in [0.2, 0.25) is 22.4 Å². The Bertz CT molecular complexity index is 428. The molecule has 6 nitrogen and oxygen atoms in total. The van der Waals surface area contributed by atoms with Crippen molar-refractivity contribution in [2.24, 2.45) is 0 Å². The van der Waals surface area contributed by atoms with Crippen LogP contribution in [0.15, 0.2) is 0 Å². The second kappa shape index (κ2) is 5.67. The van der Waals surface area contributed by atoms with Crippen LogP contribution in [0.2, 0.25) is 10.6 Å². The van der Waals surface area contributed by atoms with Gasteiger partial charge in [-0.1, -0.05) is 0 Å². The molecule has 8 heteroatoms. The maximum atomic E-state index is 11.0. The lowest BCUT2D eigenvalue weighted by Gasteiger charge is -2.32. The molecule has 0 bridgehead atoms. The molecule has 1 aromatic rings. The van der Waals surface area contributed by atoms with Crippen molar-refractivity contribution >= 4 is 35.1 Å². The van der Waals surface area contributed by atoms with Gasteiger partial charge in [-0.3, -0.25) is 4.79 Å². The Morgan fingerprint density at radius 2 is 1.78 bits per heavy atom. The zero-order chi connectivity index (χ0) is 13.1. The van der Waals surface area contributed by atoms with Crippen LogP contribution in [0, 0.1) is 0 Å². The molecule has 2 heterocycles. The molecule has 1 aliphatic rings. The Hall–Kier alpha value is -1.14. The van der Waals surface area contributed by atoms with Crippen molar-refractivity contribution in [2.45, 2.75) is 25.8 Å². The molecule has 0 unspecified atom stereocenters. The molecule has 1 aromatic heterocycles. The highest BCUT2D eigenvalue weighted by molar-refractivity contribution is 6.31. The Morgan fingerprint density at radius 3 is 2.28 bits per heavy atom. The summed E-state index contributed by atoms with van der Waals surface area (Å²) in [5.74, 6) is 0.487. The molecule has 1 N–H and O–H groups in total. The van der Waals surface area contributed by atoms with Gasteiger partial charge in [0.15, 0.2) is 0 Å². The lowest BCUT2D eigenvalue weighted by molar-refractivity contribution is -0.119. The average Bonchev–Trinajstić information content (AvgIpc) is 2.27. The van der Waals surface area contributed by atoms with Gasteiger partial charge in [-0.15, -0.1) is 0 Å². The summed E-state index contributed by atoms with van der Waals surface area (Å²) < 4.78 is 0. The molecule has 1 amide bonds. The van der Waals surface area contributed by atoms with E-state index < -0.39 is 0 Å². The molecule has 1 fully saturated rings. The van der Waals surface area contributed by atoms with Crippen molar-refractivity contribution in [1.82, 2.24) is 20.3 Å². The van der Waals surface area contributed by atoms with Crippen molar-refractivity contribution in [2.75, 3.05) is 18.0 Å². The first-order chi connectivity index (χ1) is 8.54. The van der Waals surface area contributed by atoms with Crippen LogP contribution in [0.5, 0.6) is 0 Å². The van der Waals surface area contributed by atoms with Crippen LogP contribution in [0.25, 0.3) is 0 Å². The molecule has 1 aliphatic heterocycles. The number of carbonyl (C=O) groups excluding carboxylic acids is 1. The third-order valence-corrected chi connectivity index (χ3v) is 3.09. The van der Waals surface area contributed by atoms with Gasteiger partial charge in [-0.25, -0.2) is 0 Å². The highest BCUT2D eigenvalue weighted by atomic mass is 35.5. The van der Waals surface area contributed by atoms with Crippen molar-refractivity contribution in [3.05, 3.63) is 10.6 Å². The number of rotatable bonds is 2. The van der Waals surface area contributed by atoms with Gasteiger partial charge in [-0.05, 0) is 36.0 Å². The molecule has 18 heavy (non-hydrogen) atoms. The maximum Gasteiger partial charge on any atom is 0.230 e. The van der Waals surface area contributed by atoms with E-state index in [4.69, 9.17) is 23.2 Å². The zero-order valence-electron chi connectivity index (χ0n) is 9.86. The number of amides is 1. The molecule has 98 valence electrons. The standard InChI is InChI=1S/C10H13Cl2N5O/c1-6(18)13-7-2-4-17(5-3-7)10-15-8(11)14-9(12)16-10/h7H,2-5H2,1H3,(H,13,18). The molecule has 0 saturated carbocycles. The summed E-state index contributed by atoms with van der Waals surface area (Å²) in [6.07, 6.45) is 1.70. The number of piperidine rings is 1. The van der Waals surface area contributed by atoms with Crippen LogP contribution >= 0.6 is 23.2 Å². The van der Waals surface area contributed by atoms with Gasteiger partial charge >= 0.3 is 0 Å². The number of hydrogen-bond donors (Lipinski definition) is 1. The van der Waals surface area contributed by atoms with Crippen molar-refractivity contribution in [1.29, 1.82) is 0 Å². The quantitative estimate of drug-likeness (QED) is 0.888. The van der Waals surface area contributed by atoms with Crippen molar-refractivity contribution in [3.8, 4) is 0 Å². The smallest absolute Gasteiger partial charge is 0.230 e. The first-order valence-electron chi connectivity index (χ1n) is 5.63. The first-order valence-corrected chi connectivity index (χ1v) is 6.39. The van der Waals surface area contributed by atoms with E-state index in [1.807, 2.05) is 4.90 Å². The zero-order valence-corrected chi connectivity index (χ0v) is 11.4. The molecule has 0 spiro atoms. The predicted octanol–water partition coefficient (Wildman–Crippen LogP) is 1.28. The molecule has 0 aliphatic carbocycles. The second-order valence-electron chi connectivity index (χ2n) is 4.14. The lowest BCUT2D eigenvalue weighted by atomic mass is 10.1. The number of nitrogens with zero attached hydrogens (tertiary/aromatic N) is 4. The SMILES string of the molecule is CC(=O)NC1CCN(c2nc(Cl)nc(Cl)n2)CC1. The summed E-state index contributed by atoms with van der Waals surface area (Å²) in [5.41, 5.74) is 0. The molecule has 0 aromatic carbocycles. The highest BCUT2D eigenvalue weighted by Crippen LogP contribution is 2.18. The average molecular weight is 290 g/mol. The monoisotopic (exact) mass is 289 g/mol. The lowest BCUT2D eigenvalue weighted by Crippen LogP contribution is -2.44. The fourth-order valence-electron chi connectivity index (χ4n) is 1.97. The molecular weight excluding hydrogens is 277 g/mol. The van der Waals surface area contributed by atoms with Crippen molar-refractivity contribution < 1.29 is 4.79 Å². The number of hydrogen-bond acceptors (Lipinski definition) is 5. The van der Waals surface area contributed by atoms with E-state index in [-0.39, 0.29) is 22.5 Å². The molecule has 2 rings (SSSR count). The van der Waals surface area contributed by atoms with Gasteiger partial charge in [0, 0.05) is 26.1 Å². The van der Waals surface area contributed by atoms with Crippen LogP contribution in [0.1, 0.15) is 19.8 Å². The highest BCUT2D eigenvalue weighted by Gasteiger charge is 2.22. The number of anilines is 1.